The standard InChI is InChI=1S/C12H19N3O3S/c1-6(19(2,16)17)11-14-12(18-15-11)9-7-3-4-8(5-7)10(9)13/h6-10H,3-5,13H2,1-2H3. The van der Waals surface area contributed by atoms with Crippen LogP contribution in [0.25, 0.3) is 0 Å². The minimum Gasteiger partial charge on any atom is -0.339 e. The molecule has 1 aromatic heterocycles. The second-order valence-electron chi connectivity index (χ2n) is 5.90. The summed E-state index contributed by atoms with van der Waals surface area (Å²) in [4.78, 5) is 4.29. The summed E-state index contributed by atoms with van der Waals surface area (Å²) in [5, 5.41) is 3.09. The Hall–Kier alpha value is -0.950. The summed E-state index contributed by atoms with van der Waals surface area (Å²) in [6, 6.07) is 0.0700. The fourth-order valence-corrected chi connectivity index (χ4v) is 3.92. The lowest BCUT2D eigenvalue weighted by atomic mass is 9.85. The van der Waals surface area contributed by atoms with Crippen LogP contribution in [0.2, 0.25) is 0 Å². The molecule has 0 spiro atoms. The highest BCUT2D eigenvalue weighted by Crippen LogP contribution is 2.51. The van der Waals surface area contributed by atoms with Gasteiger partial charge >= 0.3 is 0 Å². The van der Waals surface area contributed by atoms with Crippen molar-refractivity contribution < 1.29 is 12.9 Å². The van der Waals surface area contributed by atoms with Crippen LogP contribution in [-0.2, 0) is 9.84 Å². The van der Waals surface area contributed by atoms with E-state index >= 15 is 0 Å². The molecule has 2 aliphatic carbocycles. The monoisotopic (exact) mass is 285 g/mol. The number of fused-ring (bicyclic) bond motifs is 2. The van der Waals surface area contributed by atoms with Crippen LogP contribution in [0.1, 0.15) is 49.1 Å². The molecule has 2 saturated carbocycles. The normalized spacial score (nSPS) is 35.7. The molecular formula is C12H19N3O3S. The molecule has 2 fully saturated rings. The van der Waals surface area contributed by atoms with Gasteiger partial charge in [-0.1, -0.05) is 5.16 Å². The lowest BCUT2D eigenvalue weighted by Crippen LogP contribution is -2.34. The van der Waals surface area contributed by atoms with Gasteiger partial charge in [-0.2, -0.15) is 4.98 Å². The Bertz CT molecular complexity index is 581. The Morgan fingerprint density at radius 2 is 2.05 bits per heavy atom. The van der Waals surface area contributed by atoms with Gasteiger partial charge in [0.15, 0.2) is 15.7 Å². The van der Waals surface area contributed by atoms with Gasteiger partial charge in [-0.15, -0.1) is 0 Å². The SMILES string of the molecule is CC(c1noc(C2C3CCC(C3)C2N)n1)S(C)(=O)=O. The molecule has 2 bridgehead atoms. The molecule has 5 unspecified atom stereocenters. The number of sulfone groups is 1. The van der Waals surface area contributed by atoms with E-state index in [2.05, 4.69) is 10.1 Å². The van der Waals surface area contributed by atoms with Crippen LogP contribution in [0.15, 0.2) is 4.52 Å². The Labute approximate surface area is 112 Å². The zero-order valence-electron chi connectivity index (χ0n) is 11.1. The molecule has 0 saturated heterocycles. The second-order valence-corrected chi connectivity index (χ2v) is 8.27. The quantitative estimate of drug-likeness (QED) is 0.890. The number of aromatic nitrogens is 2. The van der Waals surface area contributed by atoms with Gasteiger partial charge in [-0.3, -0.25) is 0 Å². The molecule has 0 amide bonds. The first kappa shape index (κ1) is 13.1. The molecule has 6 nitrogen and oxygen atoms in total. The number of nitrogens with zero attached hydrogens (tertiary/aromatic N) is 2. The lowest BCUT2D eigenvalue weighted by Gasteiger charge is -2.24. The van der Waals surface area contributed by atoms with Gasteiger partial charge in [-0.05, 0) is 38.0 Å². The molecule has 3 rings (SSSR count). The smallest absolute Gasteiger partial charge is 0.231 e. The number of hydrogen-bond donors (Lipinski definition) is 1. The molecule has 2 N–H and O–H groups in total. The summed E-state index contributed by atoms with van der Waals surface area (Å²) in [6.45, 7) is 1.57. The van der Waals surface area contributed by atoms with Gasteiger partial charge in [0.05, 0.1) is 5.92 Å². The van der Waals surface area contributed by atoms with Crippen molar-refractivity contribution in [1.29, 1.82) is 0 Å². The van der Waals surface area contributed by atoms with Crippen LogP contribution < -0.4 is 5.73 Å². The summed E-state index contributed by atoms with van der Waals surface area (Å²) in [6.07, 6.45) is 4.65. The summed E-state index contributed by atoms with van der Waals surface area (Å²) in [5.74, 6) is 1.93. The molecule has 0 aromatic carbocycles. The van der Waals surface area contributed by atoms with Crippen LogP contribution in [-0.4, -0.2) is 30.9 Å². The Kier molecular flexibility index (Phi) is 2.94. The van der Waals surface area contributed by atoms with Crippen molar-refractivity contribution in [2.75, 3.05) is 6.26 Å². The predicted octanol–water partition coefficient (Wildman–Crippen LogP) is 1.02. The third-order valence-corrected chi connectivity index (χ3v) is 6.22. The maximum atomic E-state index is 11.5. The van der Waals surface area contributed by atoms with E-state index in [1.807, 2.05) is 0 Å². The third kappa shape index (κ3) is 2.08. The largest absolute Gasteiger partial charge is 0.339 e. The van der Waals surface area contributed by atoms with Crippen molar-refractivity contribution in [3.63, 3.8) is 0 Å². The molecule has 0 radical (unpaired) electrons. The Morgan fingerprint density at radius 3 is 2.63 bits per heavy atom. The first-order valence-electron chi connectivity index (χ1n) is 6.66. The van der Waals surface area contributed by atoms with Crippen LogP contribution in [0.5, 0.6) is 0 Å². The fraction of sp³-hybridized carbons (Fsp3) is 0.833. The molecule has 19 heavy (non-hydrogen) atoms. The lowest BCUT2D eigenvalue weighted by molar-refractivity contribution is 0.278. The average molecular weight is 285 g/mol. The van der Waals surface area contributed by atoms with Gasteiger partial charge in [0.25, 0.3) is 0 Å². The van der Waals surface area contributed by atoms with Gasteiger partial charge < -0.3 is 10.3 Å². The van der Waals surface area contributed by atoms with E-state index in [1.54, 1.807) is 6.92 Å². The third-order valence-electron chi connectivity index (χ3n) is 4.73. The van der Waals surface area contributed by atoms with Gasteiger partial charge in [-0.25, -0.2) is 8.42 Å². The maximum Gasteiger partial charge on any atom is 0.231 e. The highest BCUT2D eigenvalue weighted by molar-refractivity contribution is 7.90. The number of hydrogen-bond acceptors (Lipinski definition) is 6. The molecule has 1 heterocycles. The maximum absolute atomic E-state index is 11.5. The van der Waals surface area contributed by atoms with Crippen LogP contribution >= 0.6 is 0 Å². The van der Waals surface area contributed by atoms with Crippen molar-refractivity contribution in [1.82, 2.24) is 10.1 Å². The molecule has 0 aliphatic heterocycles. The summed E-state index contributed by atoms with van der Waals surface area (Å²) < 4.78 is 28.3. The van der Waals surface area contributed by atoms with Crippen LogP contribution in [0, 0.1) is 11.8 Å². The number of rotatable bonds is 3. The Balaban J connectivity index is 1.86. The van der Waals surface area contributed by atoms with E-state index in [9.17, 15) is 8.42 Å². The highest BCUT2D eigenvalue weighted by Gasteiger charge is 2.49. The van der Waals surface area contributed by atoms with E-state index in [0.717, 1.165) is 12.8 Å². The van der Waals surface area contributed by atoms with Gasteiger partial charge in [0.2, 0.25) is 5.89 Å². The van der Waals surface area contributed by atoms with E-state index in [1.165, 1.54) is 12.7 Å². The van der Waals surface area contributed by atoms with Crippen molar-refractivity contribution in [2.45, 2.75) is 43.4 Å². The minimum atomic E-state index is -3.21. The molecule has 5 atom stereocenters. The van der Waals surface area contributed by atoms with E-state index in [4.69, 9.17) is 10.3 Å². The summed E-state index contributed by atoms with van der Waals surface area (Å²) >= 11 is 0. The predicted molar refractivity (Wildman–Crippen MR) is 69.1 cm³/mol. The van der Waals surface area contributed by atoms with Gasteiger partial charge in [0, 0.05) is 12.3 Å². The van der Waals surface area contributed by atoms with Crippen LogP contribution in [0.3, 0.4) is 0 Å². The summed E-state index contributed by atoms with van der Waals surface area (Å²) in [5.41, 5.74) is 6.22. The number of nitrogens with two attached hydrogens (primary N) is 1. The van der Waals surface area contributed by atoms with Crippen molar-refractivity contribution in [3.8, 4) is 0 Å². The average Bonchev–Trinajstić information content (AvgIpc) is 3.00. The molecule has 1 aromatic rings. The van der Waals surface area contributed by atoms with E-state index in [0.29, 0.717) is 17.7 Å². The first-order chi connectivity index (χ1) is 8.88. The van der Waals surface area contributed by atoms with Gasteiger partial charge in [0.1, 0.15) is 5.25 Å². The Morgan fingerprint density at radius 1 is 1.37 bits per heavy atom. The molecular weight excluding hydrogens is 266 g/mol. The molecule has 2 aliphatic rings. The topological polar surface area (TPSA) is 99.1 Å². The zero-order valence-corrected chi connectivity index (χ0v) is 11.9. The first-order valence-corrected chi connectivity index (χ1v) is 8.61. The molecule has 7 heteroatoms. The van der Waals surface area contributed by atoms with Crippen molar-refractivity contribution >= 4 is 9.84 Å². The molecule has 106 valence electrons. The van der Waals surface area contributed by atoms with E-state index < -0.39 is 15.1 Å². The minimum absolute atomic E-state index is 0.0700. The zero-order chi connectivity index (χ0) is 13.8. The van der Waals surface area contributed by atoms with E-state index in [-0.39, 0.29) is 17.8 Å². The van der Waals surface area contributed by atoms with Crippen molar-refractivity contribution in [3.05, 3.63) is 11.7 Å². The highest BCUT2D eigenvalue weighted by atomic mass is 32.2. The van der Waals surface area contributed by atoms with Crippen LogP contribution in [0.4, 0.5) is 0 Å². The van der Waals surface area contributed by atoms with Crippen molar-refractivity contribution in [2.24, 2.45) is 17.6 Å². The fourth-order valence-electron chi connectivity index (χ4n) is 3.44. The summed E-state index contributed by atoms with van der Waals surface area (Å²) in [7, 11) is -3.21. The second kappa shape index (κ2) is 4.28.